The molecule has 8 heteroatoms. The molecule has 1 amide bonds. The van der Waals surface area contributed by atoms with Crippen molar-refractivity contribution in [1.29, 1.82) is 0 Å². The fourth-order valence-electron chi connectivity index (χ4n) is 3.73. The van der Waals surface area contributed by atoms with E-state index in [2.05, 4.69) is 36.8 Å². The molecule has 1 aromatic heterocycles. The highest BCUT2D eigenvalue weighted by atomic mass is 79.9. The van der Waals surface area contributed by atoms with Crippen molar-refractivity contribution in [3.63, 3.8) is 0 Å². The van der Waals surface area contributed by atoms with Crippen LogP contribution in [0.15, 0.2) is 87.3 Å². The number of halogens is 2. The average molecular weight is 570 g/mol. The maximum Gasteiger partial charge on any atom is 0.301 e. The monoisotopic (exact) mass is 568 g/mol. The molecule has 32 heavy (non-hydrogen) atoms. The van der Waals surface area contributed by atoms with Crippen molar-refractivity contribution in [1.82, 2.24) is 4.98 Å². The molecule has 1 fully saturated rings. The molecule has 158 valence electrons. The van der Waals surface area contributed by atoms with Crippen LogP contribution in [0.5, 0.6) is 0 Å². The van der Waals surface area contributed by atoms with Crippen LogP contribution in [0, 0.1) is 0 Å². The molecule has 0 unspecified atom stereocenters. The van der Waals surface area contributed by atoms with Crippen LogP contribution in [0.2, 0.25) is 0 Å². The van der Waals surface area contributed by atoms with E-state index >= 15 is 0 Å². The lowest BCUT2D eigenvalue weighted by Crippen LogP contribution is -2.29. The maximum atomic E-state index is 13.2. The van der Waals surface area contributed by atoms with Crippen LogP contribution >= 0.6 is 43.2 Å². The normalized spacial score (nSPS) is 17.9. The van der Waals surface area contributed by atoms with Gasteiger partial charge in [0.1, 0.15) is 5.76 Å². The summed E-state index contributed by atoms with van der Waals surface area (Å²) < 4.78 is 2.65. The van der Waals surface area contributed by atoms with Crippen molar-refractivity contribution < 1.29 is 14.7 Å². The first-order chi connectivity index (χ1) is 15.4. The number of aromatic nitrogens is 1. The molecule has 3 aromatic carbocycles. The van der Waals surface area contributed by atoms with E-state index in [-0.39, 0.29) is 11.3 Å². The number of thiazole rings is 1. The number of Topliss-reactive ketones (excluding diaryl/α,β-unsaturated/α-hetero) is 1. The first kappa shape index (κ1) is 21.1. The lowest BCUT2D eigenvalue weighted by Gasteiger charge is -2.23. The number of hydrogen-bond acceptors (Lipinski definition) is 5. The van der Waals surface area contributed by atoms with Gasteiger partial charge in [-0.05, 0) is 35.9 Å². The van der Waals surface area contributed by atoms with Gasteiger partial charge >= 0.3 is 5.91 Å². The van der Waals surface area contributed by atoms with E-state index in [1.807, 2.05) is 48.5 Å². The second-order valence-electron chi connectivity index (χ2n) is 7.20. The van der Waals surface area contributed by atoms with Gasteiger partial charge in [0.05, 0.1) is 21.8 Å². The SMILES string of the molecule is O=C1C(=O)N(c2nc3ccc(Br)cc3s2)[C@@H](c2ccc(Br)cc2)C1=C(O)c1ccccc1. The van der Waals surface area contributed by atoms with Gasteiger partial charge in [-0.1, -0.05) is 85.7 Å². The number of carbonyl (C=O) groups is 2. The molecule has 4 aromatic rings. The van der Waals surface area contributed by atoms with E-state index in [1.165, 1.54) is 16.2 Å². The molecule has 1 N–H and O–H groups in total. The number of aliphatic hydroxyl groups is 1. The Kier molecular flexibility index (Phi) is 5.44. The first-order valence-electron chi connectivity index (χ1n) is 9.62. The van der Waals surface area contributed by atoms with Gasteiger partial charge in [-0.25, -0.2) is 4.98 Å². The second-order valence-corrected chi connectivity index (χ2v) is 10.0. The van der Waals surface area contributed by atoms with Crippen LogP contribution in [-0.4, -0.2) is 21.8 Å². The first-order valence-corrected chi connectivity index (χ1v) is 12.0. The van der Waals surface area contributed by atoms with Crippen molar-refractivity contribution in [3.8, 4) is 0 Å². The minimum atomic E-state index is -0.799. The number of nitrogens with zero attached hydrogens (tertiary/aromatic N) is 2. The van der Waals surface area contributed by atoms with Crippen LogP contribution in [-0.2, 0) is 9.59 Å². The fraction of sp³-hybridized carbons (Fsp3) is 0.0417. The van der Waals surface area contributed by atoms with Gasteiger partial charge in [-0.3, -0.25) is 14.5 Å². The third-order valence-corrected chi connectivity index (χ3v) is 7.26. The van der Waals surface area contributed by atoms with E-state index in [4.69, 9.17) is 0 Å². The van der Waals surface area contributed by atoms with Crippen molar-refractivity contribution in [2.75, 3.05) is 4.90 Å². The summed E-state index contributed by atoms with van der Waals surface area (Å²) in [5.41, 5.74) is 1.95. The molecule has 2 heterocycles. The number of benzene rings is 3. The Labute approximate surface area is 204 Å². The highest BCUT2D eigenvalue weighted by molar-refractivity contribution is 9.10. The predicted octanol–water partition coefficient (Wildman–Crippen LogP) is 6.45. The van der Waals surface area contributed by atoms with Crippen LogP contribution in [0.4, 0.5) is 5.13 Å². The number of rotatable bonds is 3. The third kappa shape index (κ3) is 3.58. The van der Waals surface area contributed by atoms with Gasteiger partial charge in [-0.15, -0.1) is 0 Å². The summed E-state index contributed by atoms with van der Waals surface area (Å²) in [6, 6.07) is 21.0. The van der Waals surface area contributed by atoms with E-state index in [1.54, 1.807) is 24.3 Å². The lowest BCUT2D eigenvalue weighted by molar-refractivity contribution is -0.132. The van der Waals surface area contributed by atoms with Crippen molar-refractivity contribution in [2.24, 2.45) is 0 Å². The summed E-state index contributed by atoms with van der Waals surface area (Å²) in [6.45, 7) is 0. The van der Waals surface area contributed by atoms with Crippen LogP contribution in [0.1, 0.15) is 17.2 Å². The number of carbonyl (C=O) groups excluding carboxylic acids is 2. The van der Waals surface area contributed by atoms with Gasteiger partial charge in [0.25, 0.3) is 5.78 Å². The smallest absolute Gasteiger partial charge is 0.301 e. The summed E-state index contributed by atoms with van der Waals surface area (Å²) >= 11 is 8.20. The minimum absolute atomic E-state index is 0.0453. The number of ketones is 1. The van der Waals surface area contributed by atoms with Crippen LogP contribution < -0.4 is 4.90 Å². The maximum absolute atomic E-state index is 13.2. The van der Waals surface area contributed by atoms with Gasteiger partial charge in [0.15, 0.2) is 5.13 Å². The van der Waals surface area contributed by atoms with Crippen molar-refractivity contribution in [3.05, 3.63) is 98.4 Å². The number of aliphatic hydroxyl groups excluding tert-OH is 1. The predicted molar refractivity (Wildman–Crippen MR) is 133 cm³/mol. The highest BCUT2D eigenvalue weighted by Crippen LogP contribution is 2.44. The molecule has 5 nitrogen and oxygen atoms in total. The van der Waals surface area contributed by atoms with Crippen LogP contribution in [0.3, 0.4) is 0 Å². The number of anilines is 1. The standard InChI is InChI=1S/C24H14Br2N2O3S/c25-15-8-6-13(7-9-15)20-19(21(29)14-4-2-1-3-5-14)22(30)23(31)28(20)24-27-17-11-10-16(26)12-18(17)32-24/h1-12,20,29H/t20-/m0/s1. The van der Waals surface area contributed by atoms with Crippen LogP contribution in [0.25, 0.3) is 16.0 Å². The highest BCUT2D eigenvalue weighted by Gasteiger charge is 2.48. The molecular weight excluding hydrogens is 556 g/mol. The Morgan fingerprint density at radius 1 is 0.938 bits per heavy atom. The molecule has 1 saturated heterocycles. The molecule has 5 rings (SSSR count). The molecular formula is C24H14Br2N2O3S. The summed E-state index contributed by atoms with van der Waals surface area (Å²) in [5, 5.41) is 11.5. The molecule has 0 radical (unpaired) electrons. The third-order valence-electron chi connectivity index (χ3n) is 5.22. The Morgan fingerprint density at radius 3 is 2.34 bits per heavy atom. The summed E-state index contributed by atoms with van der Waals surface area (Å²) in [4.78, 5) is 32.4. The minimum Gasteiger partial charge on any atom is -0.507 e. The summed E-state index contributed by atoms with van der Waals surface area (Å²) in [7, 11) is 0. The van der Waals surface area contributed by atoms with Crippen molar-refractivity contribution >= 4 is 76.0 Å². The summed E-state index contributed by atoms with van der Waals surface area (Å²) in [6.07, 6.45) is 0. The summed E-state index contributed by atoms with van der Waals surface area (Å²) in [5.74, 6) is -1.66. The van der Waals surface area contributed by atoms with E-state index in [0.717, 1.165) is 19.2 Å². The lowest BCUT2D eigenvalue weighted by atomic mass is 9.95. The zero-order valence-corrected chi connectivity index (χ0v) is 20.3. The van der Waals surface area contributed by atoms with Gasteiger partial charge < -0.3 is 5.11 Å². The molecule has 1 atom stereocenters. The fourth-order valence-corrected chi connectivity index (χ4v) is 5.54. The Bertz CT molecular complexity index is 1400. The van der Waals surface area contributed by atoms with E-state index in [9.17, 15) is 14.7 Å². The molecule has 1 aliphatic rings. The van der Waals surface area contributed by atoms with Gasteiger partial charge in [0, 0.05) is 14.5 Å². The molecule has 0 aliphatic carbocycles. The Hall–Kier alpha value is -2.81. The molecule has 0 bridgehead atoms. The van der Waals surface area contributed by atoms with Gasteiger partial charge in [-0.2, -0.15) is 0 Å². The van der Waals surface area contributed by atoms with E-state index in [0.29, 0.717) is 16.3 Å². The van der Waals surface area contributed by atoms with Crippen molar-refractivity contribution in [2.45, 2.75) is 6.04 Å². The number of hydrogen-bond donors (Lipinski definition) is 1. The molecule has 1 aliphatic heterocycles. The largest absolute Gasteiger partial charge is 0.507 e. The Morgan fingerprint density at radius 2 is 1.62 bits per heavy atom. The zero-order chi connectivity index (χ0) is 22.4. The topological polar surface area (TPSA) is 70.5 Å². The molecule has 0 spiro atoms. The number of amides is 1. The Balaban J connectivity index is 1.73. The van der Waals surface area contributed by atoms with E-state index < -0.39 is 17.7 Å². The zero-order valence-electron chi connectivity index (χ0n) is 16.3. The number of fused-ring (bicyclic) bond motifs is 1. The average Bonchev–Trinajstić information content (AvgIpc) is 3.32. The molecule has 0 saturated carbocycles. The van der Waals surface area contributed by atoms with Gasteiger partial charge in [0.2, 0.25) is 0 Å². The quantitative estimate of drug-likeness (QED) is 0.175. The second kappa shape index (κ2) is 8.27.